The van der Waals surface area contributed by atoms with Crippen molar-refractivity contribution in [2.75, 3.05) is 14.1 Å². The minimum Gasteiger partial charge on any atom is -0.326 e. The van der Waals surface area contributed by atoms with Crippen molar-refractivity contribution in [3.8, 4) is 0 Å². The van der Waals surface area contributed by atoms with E-state index in [4.69, 9.17) is 5.73 Å². The molecule has 1 aliphatic rings. The van der Waals surface area contributed by atoms with Crippen LogP contribution in [0, 0.1) is 5.92 Å². The van der Waals surface area contributed by atoms with Gasteiger partial charge in [0.15, 0.2) is 0 Å². The van der Waals surface area contributed by atoms with E-state index in [9.17, 15) is 0 Å². The van der Waals surface area contributed by atoms with Crippen molar-refractivity contribution in [2.45, 2.75) is 70.4 Å². The van der Waals surface area contributed by atoms with E-state index in [0.29, 0.717) is 12.0 Å². The molecule has 0 heterocycles. The Kier molecular flexibility index (Phi) is 5.26. The van der Waals surface area contributed by atoms with Crippen LogP contribution in [0.25, 0.3) is 0 Å². The highest BCUT2D eigenvalue weighted by Crippen LogP contribution is 2.35. The van der Waals surface area contributed by atoms with Gasteiger partial charge in [-0.25, -0.2) is 0 Å². The van der Waals surface area contributed by atoms with Gasteiger partial charge in [0.1, 0.15) is 0 Å². The highest BCUT2D eigenvalue weighted by molar-refractivity contribution is 4.98. The van der Waals surface area contributed by atoms with Crippen LogP contribution in [-0.2, 0) is 0 Å². The van der Waals surface area contributed by atoms with Crippen molar-refractivity contribution >= 4 is 0 Å². The Balaban J connectivity index is 2.76. The number of likely N-dealkylation sites (N-methyl/N-ethyl adjacent to an activating group) is 1. The highest BCUT2D eigenvalue weighted by atomic mass is 15.2. The minimum atomic E-state index is 0.265. The quantitative estimate of drug-likeness (QED) is 0.747. The molecule has 16 heavy (non-hydrogen) atoms. The summed E-state index contributed by atoms with van der Waals surface area (Å²) < 4.78 is 0. The summed E-state index contributed by atoms with van der Waals surface area (Å²) in [7, 11) is 4.43. The van der Waals surface area contributed by atoms with Gasteiger partial charge in [-0.1, -0.05) is 39.5 Å². The summed E-state index contributed by atoms with van der Waals surface area (Å²) in [4.78, 5) is 2.41. The molecule has 96 valence electrons. The van der Waals surface area contributed by atoms with Crippen LogP contribution in [0.15, 0.2) is 0 Å². The molecule has 0 aromatic heterocycles. The monoisotopic (exact) mass is 226 g/mol. The van der Waals surface area contributed by atoms with Crippen LogP contribution < -0.4 is 5.73 Å². The zero-order chi connectivity index (χ0) is 12.2. The fourth-order valence-electron chi connectivity index (χ4n) is 3.22. The summed E-state index contributed by atoms with van der Waals surface area (Å²) in [5, 5.41) is 0. The summed E-state index contributed by atoms with van der Waals surface area (Å²) in [5.74, 6) is 0.704. The summed E-state index contributed by atoms with van der Waals surface area (Å²) >= 11 is 0. The molecule has 1 rings (SSSR count). The molecule has 1 aliphatic carbocycles. The largest absolute Gasteiger partial charge is 0.326 e. The van der Waals surface area contributed by atoms with E-state index in [2.05, 4.69) is 32.8 Å². The van der Waals surface area contributed by atoms with Crippen LogP contribution in [0.4, 0.5) is 0 Å². The predicted molar refractivity (Wildman–Crippen MR) is 71.6 cm³/mol. The van der Waals surface area contributed by atoms with Crippen molar-refractivity contribution in [1.29, 1.82) is 0 Å². The highest BCUT2D eigenvalue weighted by Gasteiger charge is 2.38. The molecular formula is C14H30N2. The van der Waals surface area contributed by atoms with Gasteiger partial charge in [0.25, 0.3) is 0 Å². The molecule has 1 unspecified atom stereocenters. The number of rotatable bonds is 4. The van der Waals surface area contributed by atoms with E-state index in [1.54, 1.807) is 0 Å². The topological polar surface area (TPSA) is 29.3 Å². The molecule has 0 aromatic rings. The fraction of sp³-hybridized carbons (Fsp3) is 1.00. The number of hydrogen-bond donors (Lipinski definition) is 1. The Hall–Kier alpha value is -0.0800. The van der Waals surface area contributed by atoms with Crippen molar-refractivity contribution < 1.29 is 0 Å². The van der Waals surface area contributed by atoms with Crippen molar-refractivity contribution in [3.63, 3.8) is 0 Å². The zero-order valence-corrected chi connectivity index (χ0v) is 11.6. The molecule has 0 aromatic carbocycles. The van der Waals surface area contributed by atoms with Gasteiger partial charge in [-0.3, -0.25) is 0 Å². The molecule has 1 fully saturated rings. The van der Waals surface area contributed by atoms with Gasteiger partial charge in [0.2, 0.25) is 0 Å². The van der Waals surface area contributed by atoms with Gasteiger partial charge in [-0.15, -0.1) is 0 Å². The molecule has 2 N–H and O–H groups in total. The fourth-order valence-corrected chi connectivity index (χ4v) is 3.22. The van der Waals surface area contributed by atoms with Gasteiger partial charge in [0, 0.05) is 11.6 Å². The van der Waals surface area contributed by atoms with Crippen molar-refractivity contribution in [3.05, 3.63) is 0 Å². The van der Waals surface area contributed by atoms with Crippen LogP contribution in [-0.4, -0.2) is 30.6 Å². The van der Waals surface area contributed by atoms with Gasteiger partial charge < -0.3 is 10.6 Å². The minimum absolute atomic E-state index is 0.265. The van der Waals surface area contributed by atoms with E-state index in [1.165, 1.54) is 38.5 Å². The van der Waals surface area contributed by atoms with Gasteiger partial charge in [0.05, 0.1) is 0 Å². The van der Waals surface area contributed by atoms with Gasteiger partial charge in [-0.2, -0.15) is 0 Å². The normalized spacial score (nSPS) is 23.4. The maximum Gasteiger partial charge on any atom is 0.0354 e. The molecule has 1 saturated carbocycles. The molecule has 0 aliphatic heterocycles. The summed E-state index contributed by atoms with van der Waals surface area (Å²) in [6, 6.07) is 0.334. The molecular weight excluding hydrogens is 196 g/mol. The lowest BCUT2D eigenvalue weighted by Crippen LogP contribution is -2.57. The SMILES string of the molecule is CC(C)CC(N)C1(N(C)C)CCCCCC1. The maximum absolute atomic E-state index is 6.51. The van der Waals surface area contributed by atoms with Crippen LogP contribution in [0.1, 0.15) is 58.8 Å². The standard InChI is InChI=1S/C14H30N2/c1-12(2)11-13(15)14(16(3)4)9-7-5-6-8-10-14/h12-13H,5-11,15H2,1-4H3. The van der Waals surface area contributed by atoms with Gasteiger partial charge in [-0.05, 0) is 39.3 Å². The molecule has 1 atom stereocenters. The first kappa shape index (κ1) is 14.0. The molecule has 0 radical (unpaired) electrons. The Morgan fingerprint density at radius 3 is 1.94 bits per heavy atom. The van der Waals surface area contributed by atoms with Crippen LogP contribution in [0.3, 0.4) is 0 Å². The summed E-state index contributed by atoms with van der Waals surface area (Å²) in [6.07, 6.45) is 9.21. The Morgan fingerprint density at radius 2 is 1.56 bits per heavy atom. The molecule has 0 amide bonds. The molecule has 0 saturated heterocycles. The van der Waals surface area contributed by atoms with Crippen LogP contribution in [0.2, 0.25) is 0 Å². The lowest BCUT2D eigenvalue weighted by atomic mass is 9.78. The average Bonchev–Trinajstić information content (AvgIpc) is 2.42. The Labute approximate surface area is 102 Å². The zero-order valence-electron chi connectivity index (χ0n) is 11.6. The van der Waals surface area contributed by atoms with E-state index in [0.717, 1.165) is 6.42 Å². The second-order valence-electron chi connectivity index (χ2n) is 6.15. The first-order valence-corrected chi connectivity index (χ1v) is 6.92. The average molecular weight is 226 g/mol. The first-order valence-electron chi connectivity index (χ1n) is 6.92. The number of nitrogens with two attached hydrogens (primary N) is 1. The predicted octanol–water partition coefficient (Wildman–Crippen LogP) is 3.01. The molecule has 0 spiro atoms. The number of nitrogens with zero attached hydrogens (tertiary/aromatic N) is 1. The van der Waals surface area contributed by atoms with E-state index in [1.807, 2.05) is 0 Å². The second kappa shape index (κ2) is 6.02. The van der Waals surface area contributed by atoms with Crippen molar-refractivity contribution in [2.24, 2.45) is 11.7 Å². The Bertz CT molecular complexity index is 191. The lowest BCUT2D eigenvalue weighted by Gasteiger charge is -2.45. The van der Waals surface area contributed by atoms with Crippen LogP contribution >= 0.6 is 0 Å². The van der Waals surface area contributed by atoms with E-state index >= 15 is 0 Å². The second-order valence-corrected chi connectivity index (χ2v) is 6.15. The summed E-state index contributed by atoms with van der Waals surface area (Å²) in [5.41, 5.74) is 6.78. The maximum atomic E-state index is 6.51. The molecule has 0 bridgehead atoms. The van der Waals surface area contributed by atoms with Crippen molar-refractivity contribution in [1.82, 2.24) is 4.90 Å². The third kappa shape index (κ3) is 3.21. The Morgan fingerprint density at radius 1 is 1.06 bits per heavy atom. The molecule has 2 heteroatoms. The smallest absolute Gasteiger partial charge is 0.0354 e. The summed E-state index contributed by atoms with van der Waals surface area (Å²) in [6.45, 7) is 4.56. The van der Waals surface area contributed by atoms with Crippen LogP contribution in [0.5, 0.6) is 0 Å². The van der Waals surface area contributed by atoms with E-state index < -0.39 is 0 Å². The number of hydrogen-bond acceptors (Lipinski definition) is 2. The molecule has 2 nitrogen and oxygen atoms in total. The first-order chi connectivity index (χ1) is 7.49. The lowest BCUT2D eigenvalue weighted by molar-refractivity contribution is 0.0879. The van der Waals surface area contributed by atoms with Gasteiger partial charge >= 0.3 is 0 Å². The third-order valence-electron chi connectivity index (χ3n) is 4.28. The van der Waals surface area contributed by atoms with E-state index in [-0.39, 0.29) is 5.54 Å². The third-order valence-corrected chi connectivity index (χ3v) is 4.28.